The van der Waals surface area contributed by atoms with Gasteiger partial charge in [0.15, 0.2) is 5.69 Å². The van der Waals surface area contributed by atoms with Crippen LogP contribution in [0.15, 0.2) is 52.5 Å². The molecule has 3 rings (SSSR count). The van der Waals surface area contributed by atoms with Gasteiger partial charge in [-0.2, -0.15) is 0 Å². The summed E-state index contributed by atoms with van der Waals surface area (Å²) in [4.78, 5) is 25.9. The fourth-order valence-corrected chi connectivity index (χ4v) is 3.35. The third-order valence-electron chi connectivity index (χ3n) is 4.08. The second kappa shape index (κ2) is 8.52. The topological polar surface area (TPSA) is 97.1 Å². The fourth-order valence-electron chi connectivity index (χ4n) is 2.91. The van der Waals surface area contributed by atoms with Crippen LogP contribution in [0.4, 0.5) is 4.39 Å². The normalized spacial score (nSPS) is 13.5. The van der Waals surface area contributed by atoms with E-state index >= 15 is 0 Å². The minimum Gasteiger partial charge on any atom is -0.467 e. The van der Waals surface area contributed by atoms with Crippen molar-refractivity contribution in [2.45, 2.75) is 38.3 Å². The van der Waals surface area contributed by atoms with Crippen molar-refractivity contribution in [2.75, 3.05) is 0 Å². The van der Waals surface area contributed by atoms with Crippen LogP contribution in [0.3, 0.4) is 0 Å². The second-order valence-corrected chi connectivity index (χ2v) is 8.10. The Hall–Kier alpha value is -3.07. The number of benzene rings is 1. The lowest BCUT2D eigenvalue weighted by atomic mass is 9.87. The monoisotopic (exact) mass is 416 g/mol. The van der Waals surface area contributed by atoms with Gasteiger partial charge in [0, 0.05) is 16.5 Å². The van der Waals surface area contributed by atoms with E-state index in [0.29, 0.717) is 5.76 Å². The summed E-state index contributed by atoms with van der Waals surface area (Å²) in [6, 6.07) is 8.28. The SMILES string of the molecule is CC(C)(C)NC(=O)C(c1ccccc1F)C(NC(=O)c1csnn1)c1ccco1. The van der Waals surface area contributed by atoms with Gasteiger partial charge in [0.05, 0.1) is 12.2 Å². The molecule has 2 unspecified atom stereocenters. The first-order chi connectivity index (χ1) is 13.8. The van der Waals surface area contributed by atoms with Gasteiger partial charge in [0.25, 0.3) is 5.91 Å². The average Bonchev–Trinajstić information content (AvgIpc) is 3.35. The summed E-state index contributed by atoms with van der Waals surface area (Å²) in [5.74, 6) is -2.29. The smallest absolute Gasteiger partial charge is 0.273 e. The van der Waals surface area contributed by atoms with E-state index in [2.05, 4.69) is 20.2 Å². The van der Waals surface area contributed by atoms with Crippen LogP contribution >= 0.6 is 11.5 Å². The highest BCUT2D eigenvalue weighted by Crippen LogP contribution is 2.34. The van der Waals surface area contributed by atoms with Crippen LogP contribution in [0.2, 0.25) is 0 Å². The van der Waals surface area contributed by atoms with E-state index in [1.54, 1.807) is 24.3 Å². The highest BCUT2D eigenvalue weighted by Gasteiger charge is 2.37. The predicted molar refractivity (Wildman–Crippen MR) is 106 cm³/mol. The van der Waals surface area contributed by atoms with Crippen molar-refractivity contribution in [2.24, 2.45) is 0 Å². The number of nitrogens with zero attached hydrogens (tertiary/aromatic N) is 2. The summed E-state index contributed by atoms with van der Waals surface area (Å²) in [5.41, 5.74) is -0.306. The summed E-state index contributed by atoms with van der Waals surface area (Å²) in [6.07, 6.45) is 1.43. The zero-order valence-corrected chi connectivity index (χ0v) is 17.0. The summed E-state index contributed by atoms with van der Waals surface area (Å²) < 4.78 is 23.9. The number of carbonyl (C=O) groups excluding carboxylic acids is 2. The third-order valence-corrected chi connectivity index (χ3v) is 4.59. The van der Waals surface area contributed by atoms with Gasteiger partial charge in [-0.3, -0.25) is 9.59 Å². The molecule has 2 aromatic heterocycles. The zero-order chi connectivity index (χ0) is 21.0. The Kier molecular flexibility index (Phi) is 6.07. The standard InChI is InChI=1S/C20H21FN4O3S/c1-20(2,3)23-19(27)16(12-7-4-5-8-13(12)21)17(15-9-6-10-28-15)22-18(26)14-11-29-25-24-14/h4-11,16-17H,1-3H3,(H,22,26)(H,23,27). The maximum Gasteiger partial charge on any atom is 0.273 e. The zero-order valence-electron chi connectivity index (χ0n) is 16.2. The highest BCUT2D eigenvalue weighted by molar-refractivity contribution is 7.03. The Morgan fingerprint density at radius 1 is 1.17 bits per heavy atom. The molecule has 0 bridgehead atoms. The van der Waals surface area contributed by atoms with Gasteiger partial charge in [-0.05, 0) is 50.5 Å². The van der Waals surface area contributed by atoms with E-state index in [0.717, 1.165) is 11.5 Å². The van der Waals surface area contributed by atoms with Gasteiger partial charge in [-0.25, -0.2) is 4.39 Å². The number of aromatic nitrogens is 2. The number of carbonyl (C=O) groups is 2. The molecule has 3 aromatic rings. The molecule has 0 aliphatic carbocycles. The number of hydrogen-bond donors (Lipinski definition) is 2. The summed E-state index contributed by atoms with van der Waals surface area (Å²) in [6.45, 7) is 5.47. The minimum atomic E-state index is -1.07. The summed E-state index contributed by atoms with van der Waals surface area (Å²) in [5, 5.41) is 10.9. The number of hydrogen-bond acceptors (Lipinski definition) is 6. The van der Waals surface area contributed by atoms with Crippen LogP contribution < -0.4 is 10.6 Å². The maximum atomic E-state index is 14.7. The number of halogens is 1. The first kappa shape index (κ1) is 20.7. The van der Waals surface area contributed by atoms with E-state index in [1.807, 2.05) is 20.8 Å². The molecular formula is C20H21FN4O3S. The van der Waals surface area contributed by atoms with Crippen LogP contribution in [0, 0.1) is 5.82 Å². The Labute approximate surface area is 171 Å². The van der Waals surface area contributed by atoms with Crippen LogP contribution in [-0.2, 0) is 4.79 Å². The van der Waals surface area contributed by atoms with Crippen molar-refractivity contribution in [1.29, 1.82) is 0 Å². The van der Waals surface area contributed by atoms with E-state index in [1.165, 1.54) is 23.8 Å². The molecule has 0 saturated heterocycles. The predicted octanol–water partition coefficient (Wildman–Crippen LogP) is 3.44. The lowest BCUT2D eigenvalue weighted by Crippen LogP contribution is -2.47. The van der Waals surface area contributed by atoms with E-state index in [-0.39, 0.29) is 11.3 Å². The van der Waals surface area contributed by atoms with Crippen molar-refractivity contribution >= 4 is 23.3 Å². The molecular weight excluding hydrogens is 395 g/mol. The third kappa shape index (κ3) is 5.05. The number of rotatable bonds is 6. The molecule has 0 aliphatic heterocycles. The Morgan fingerprint density at radius 2 is 1.93 bits per heavy atom. The van der Waals surface area contributed by atoms with Gasteiger partial charge in [-0.15, -0.1) is 5.10 Å². The van der Waals surface area contributed by atoms with Crippen molar-refractivity contribution < 1.29 is 18.4 Å². The molecule has 0 fully saturated rings. The first-order valence-corrected chi connectivity index (χ1v) is 9.77. The molecule has 0 aliphatic rings. The van der Waals surface area contributed by atoms with Crippen molar-refractivity contribution in [1.82, 2.24) is 20.2 Å². The lowest BCUT2D eigenvalue weighted by Gasteiger charge is -2.30. The molecule has 29 heavy (non-hydrogen) atoms. The minimum absolute atomic E-state index is 0.107. The van der Waals surface area contributed by atoms with Crippen LogP contribution in [-0.4, -0.2) is 26.9 Å². The van der Waals surface area contributed by atoms with E-state index in [4.69, 9.17) is 4.42 Å². The van der Waals surface area contributed by atoms with Gasteiger partial charge in [0.1, 0.15) is 17.6 Å². The molecule has 0 radical (unpaired) electrons. The number of amides is 2. The van der Waals surface area contributed by atoms with E-state index in [9.17, 15) is 14.0 Å². The largest absolute Gasteiger partial charge is 0.467 e. The van der Waals surface area contributed by atoms with Crippen molar-refractivity contribution in [3.8, 4) is 0 Å². The molecule has 2 amide bonds. The van der Waals surface area contributed by atoms with Gasteiger partial charge in [-0.1, -0.05) is 22.7 Å². The Balaban J connectivity index is 2.06. The molecule has 0 spiro atoms. The Bertz CT molecular complexity index is 968. The molecule has 2 N–H and O–H groups in total. The van der Waals surface area contributed by atoms with Gasteiger partial charge >= 0.3 is 0 Å². The number of furan rings is 1. The number of nitrogens with one attached hydrogen (secondary N) is 2. The maximum absolute atomic E-state index is 14.7. The summed E-state index contributed by atoms with van der Waals surface area (Å²) >= 11 is 1.03. The lowest BCUT2D eigenvalue weighted by molar-refractivity contribution is -0.124. The highest BCUT2D eigenvalue weighted by atomic mass is 32.1. The first-order valence-electron chi connectivity index (χ1n) is 8.94. The molecule has 1 aromatic carbocycles. The van der Waals surface area contributed by atoms with E-state index < -0.39 is 35.1 Å². The molecule has 9 heteroatoms. The van der Waals surface area contributed by atoms with Crippen LogP contribution in [0.1, 0.15) is 54.5 Å². The average molecular weight is 416 g/mol. The molecule has 2 atom stereocenters. The van der Waals surface area contributed by atoms with Crippen molar-refractivity contribution in [3.05, 3.63) is 70.9 Å². The van der Waals surface area contributed by atoms with Gasteiger partial charge < -0.3 is 15.1 Å². The molecule has 7 nitrogen and oxygen atoms in total. The Morgan fingerprint density at radius 3 is 2.52 bits per heavy atom. The summed E-state index contributed by atoms with van der Waals surface area (Å²) in [7, 11) is 0. The molecule has 2 heterocycles. The van der Waals surface area contributed by atoms with Crippen LogP contribution in [0.5, 0.6) is 0 Å². The quantitative estimate of drug-likeness (QED) is 0.642. The fraction of sp³-hybridized carbons (Fsp3) is 0.300. The second-order valence-electron chi connectivity index (χ2n) is 7.50. The van der Waals surface area contributed by atoms with Crippen LogP contribution in [0.25, 0.3) is 0 Å². The van der Waals surface area contributed by atoms with Crippen molar-refractivity contribution in [3.63, 3.8) is 0 Å². The molecule has 0 saturated carbocycles. The van der Waals surface area contributed by atoms with Gasteiger partial charge in [0.2, 0.25) is 5.91 Å². The molecule has 152 valence electrons.